The van der Waals surface area contributed by atoms with Crippen molar-refractivity contribution in [2.24, 2.45) is 0 Å². The second-order valence-electron chi connectivity index (χ2n) is 5.08. The summed E-state index contributed by atoms with van der Waals surface area (Å²) in [6, 6.07) is 5.05. The fourth-order valence-electron chi connectivity index (χ4n) is 1.97. The van der Waals surface area contributed by atoms with Gasteiger partial charge in [-0.05, 0) is 32.5 Å². The Morgan fingerprint density at radius 1 is 1.40 bits per heavy atom. The normalized spacial score (nSPS) is 10.8. The molecule has 0 saturated heterocycles. The first-order chi connectivity index (χ1) is 9.31. The number of likely N-dealkylation sites (N-methyl/N-ethyl adjacent to an activating group) is 1. The van der Waals surface area contributed by atoms with Crippen LogP contribution in [0.25, 0.3) is 0 Å². The number of rotatable bonds is 6. The highest BCUT2D eigenvalue weighted by Crippen LogP contribution is 2.18. The molecule has 0 aliphatic rings. The Labute approximate surface area is 118 Å². The Balaban J connectivity index is 2.76. The van der Waals surface area contributed by atoms with Crippen molar-refractivity contribution in [2.75, 3.05) is 19.3 Å². The molecule has 20 heavy (non-hydrogen) atoms. The van der Waals surface area contributed by atoms with Crippen molar-refractivity contribution in [1.29, 1.82) is 0 Å². The maximum Gasteiger partial charge on any atom is 0.338 e. The van der Waals surface area contributed by atoms with E-state index in [2.05, 4.69) is 5.32 Å². The molecule has 0 saturated carbocycles. The zero-order valence-electron chi connectivity index (χ0n) is 12.0. The molecular formula is C14H21N3O3. The van der Waals surface area contributed by atoms with E-state index in [0.29, 0.717) is 12.1 Å². The number of hydrogen-bond acceptors (Lipinski definition) is 4. The number of carbonyl (C=O) groups is 2. The van der Waals surface area contributed by atoms with Crippen molar-refractivity contribution in [1.82, 2.24) is 10.2 Å². The molecule has 0 radical (unpaired) electrons. The number of aromatic carboxylic acids is 1. The molecule has 110 valence electrons. The van der Waals surface area contributed by atoms with Crippen LogP contribution < -0.4 is 11.1 Å². The molecule has 0 bridgehead atoms. The van der Waals surface area contributed by atoms with Gasteiger partial charge < -0.3 is 16.2 Å². The van der Waals surface area contributed by atoms with Crippen LogP contribution in [0, 0.1) is 0 Å². The number of amides is 1. The number of hydrogen-bond donors (Lipinski definition) is 3. The van der Waals surface area contributed by atoms with Crippen LogP contribution in [0.4, 0.5) is 5.69 Å². The Kier molecular flexibility index (Phi) is 5.52. The summed E-state index contributed by atoms with van der Waals surface area (Å²) in [4.78, 5) is 24.6. The Morgan fingerprint density at radius 2 is 2.05 bits per heavy atom. The lowest BCUT2D eigenvalue weighted by molar-refractivity contribution is -0.122. The summed E-state index contributed by atoms with van der Waals surface area (Å²) in [7, 11) is 1.76. The van der Waals surface area contributed by atoms with Crippen LogP contribution in [0.5, 0.6) is 0 Å². The van der Waals surface area contributed by atoms with E-state index in [1.807, 2.05) is 13.8 Å². The summed E-state index contributed by atoms with van der Waals surface area (Å²) in [6.07, 6.45) is 0. The number of nitrogen functional groups attached to an aromatic ring is 1. The summed E-state index contributed by atoms with van der Waals surface area (Å²) < 4.78 is 0. The Morgan fingerprint density at radius 3 is 2.60 bits per heavy atom. The lowest BCUT2D eigenvalue weighted by atomic mass is 10.1. The maximum atomic E-state index is 11.6. The first-order valence-electron chi connectivity index (χ1n) is 6.39. The van der Waals surface area contributed by atoms with E-state index in [9.17, 15) is 14.7 Å². The summed E-state index contributed by atoms with van der Waals surface area (Å²) in [6.45, 7) is 4.32. The van der Waals surface area contributed by atoms with Crippen LogP contribution in [-0.4, -0.2) is 41.5 Å². The standard InChI is InChI=1S/C14H21N3O3/c1-9(2)16-12(18)8-17(3)7-10-5-4-6-11(15)13(10)14(19)20/h4-6,9H,7-8,15H2,1-3H3,(H,16,18)(H,19,20). The van der Waals surface area contributed by atoms with Gasteiger partial charge in [0.15, 0.2) is 0 Å². The smallest absolute Gasteiger partial charge is 0.338 e. The highest BCUT2D eigenvalue weighted by Gasteiger charge is 2.16. The molecule has 6 nitrogen and oxygen atoms in total. The van der Waals surface area contributed by atoms with Gasteiger partial charge in [-0.3, -0.25) is 9.69 Å². The molecule has 0 heterocycles. The monoisotopic (exact) mass is 279 g/mol. The van der Waals surface area contributed by atoms with Gasteiger partial charge in [0.25, 0.3) is 0 Å². The van der Waals surface area contributed by atoms with Crippen molar-refractivity contribution in [3.63, 3.8) is 0 Å². The average Bonchev–Trinajstić information content (AvgIpc) is 2.26. The van der Waals surface area contributed by atoms with E-state index in [0.717, 1.165) is 0 Å². The number of nitrogens with zero attached hydrogens (tertiary/aromatic N) is 1. The SMILES string of the molecule is CC(C)NC(=O)CN(C)Cc1cccc(N)c1C(=O)O. The molecule has 0 aliphatic carbocycles. The van der Waals surface area contributed by atoms with Gasteiger partial charge in [-0.25, -0.2) is 4.79 Å². The molecule has 4 N–H and O–H groups in total. The van der Waals surface area contributed by atoms with Gasteiger partial charge in [0.2, 0.25) is 5.91 Å². The molecule has 0 fully saturated rings. The zero-order valence-corrected chi connectivity index (χ0v) is 12.0. The lowest BCUT2D eigenvalue weighted by Crippen LogP contribution is -2.38. The van der Waals surface area contributed by atoms with Gasteiger partial charge in [0, 0.05) is 18.3 Å². The summed E-state index contributed by atoms with van der Waals surface area (Å²) in [5.74, 6) is -1.15. The van der Waals surface area contributed by atoms with Crippen molar-refractivity contribution in [2.45, 2.75) is 26.4 Å². The predicted octanol–water partition coefficient (Wildman–Crippen LogP) is 0.923. The third kappa shape index (κ3) is 4.55. The molecule has 0 atom stereocenters. The number of anilines is 1. The van der Waals surface area contributed by atoms with E-state index in [-0.39, 0.29) is 29.7 Å². The van der Waals surface area contributed by atoms with Crippen LogP contribution in [0.15, 0.2) is 18.2 Å². The first kappa shape index (κ1) is 16.0. The van der Waals surface area contributed by atoms with Crippen LogP contribution in [0.2, 0.25) is 0 Å². The molecule has 1 aromatic carbocycles. The van der Waals surface area contributed by atoms with Crippen LogP contribution in [-0.2, 0) is 11.3 Å². The van der Waals surface area contributed by atoms with Crippen molar-refractivity contribution in [3.05, 3.63) is 29.3 Å². The average molecular weight is 279 g/mol. The van der Waals surface area contributed by atoms with Crippen LogP contribution in [0.1, 0.15) is 29.8 Å². The Bertz CT molecular complexity index is 500. The molecule has 0 spiro atoms. The number of carbonyl (C=O) groups excluding carboxylic acids is 1. The van der Waals surface area contributed by atoms with Crippen molar-refractivity contribution < 1.29 is 14.7 Å². The summed E-state index contributed by atoms with van der Waals surface area (Å²) in [5, 5.41) is 12.0. The van der Waals surface area contributed by atoms with Gasteiger partial charge in [0.05, 0.1) is 12.1 Å². The van der Waals surface area contributed by atoms with Gasteiger partial charge >= 0.3 is 5.97 Å². The number of benzene rings is 1. The second kappa shape index (κ2) is 6.91. The topological polar surface area (TPSA) is 95.7 Å². The quantitative estimate of drug-likeness (QED) is 0.673. The zero-order chi connectivity index (χ0) is 15.3. The van der Waals surface area contributed by atoms with E-state index < -0.39 is 5.97 Å². The fourth-order valence-corrected chi connectivity index (χ4v) is 1.97. The largest absolute Gasteiger partial charge is 0.478 e. The maximum absolute atomic E-state index is 11.6. The summed E-state index contributed by atoms with van der Waals surface area (Å²) in [5.41, 5.74) is 6.61. The van der Waals surface area contributed by atoms with Crippen molar-refractivity contribution in [3.8, 4) is 0 Å². The highest BCUT2D eigenvalue weighted by atomic mass is 16.4. The molecule has 1 aromatic rings. The predicted molar refractivity (Wildman–Crippen MR) is 77.4 cm³/mol. The third-order valence-corrected chi connectivity index (χ3v) is 2.70. The van der Waals surface area contributed by atoms with Crippen LogP contribution >= 0.6 is 0 Å². The van der Waals surface area contributed by atoms with Gasteiger partial charge in [-0.15, -0.1) is 0 Å². The lowest BCUT2D eigenvalue weighted by Gasteiger charge is -2.19. The Hall–Kier alpha value is -2.08. The molecule has 6 heteroatoms. The number of carboxylic acids is 1. The summed E-state index contributed by atoms with van der Waals surface area (Å²) >= 11 is 0. The third-order valence-electron chi connectivity index (χ3n) is 2.70. The van der Waals surface area contributed by atoms with Gasteiger partial charge in [-0.1, -0.05) is 12.1 Å². The van der Waals surface area contributed by atoms with E-state index in [1.165, 1.54) is 0 Å². The van der Waals surface area contributed by atoms with Gasteiger partial charge in [0.1, 0.15) is 0 Å². The van der Waals surface area contributed by atoms with Crippen LogP contribution in [0.3, 0.4) is 0 Å². The number of carboxylic acid groups (broad SMARTS) is 1. The minimum atomic E-state index is -1.06. The second-order valence-corrected chi connectivity index (χ2v) is 5.08. The molecule has 1 rings (SSSR count). The van der Waals surface area contributed by atoms with E-state index >= 15 is 0 Å². The molecule has 0 unspecified atom stereocenters. The molecule has 0 aliphatic heterocycles. The highest BCUT2D eigenvalue weighted by molar-refractivity contribution is 5.95. The number of nitrogens with one attached hydrogen (secondary N) is 1. The fraction of sp³-hybridized carbons (Fsp3) is 0.429. The minimum Gasteiger partial charge on any atom is -0.478 e. The number of nitrogens with two attached hydrogens (primary N) is 1. The minimum absolute atomic E-state index is 0.0813. The van der Waals surface area contributed by atoms with Gasteiger partial charge in [-0.2, -0.15) is 0 Å². The molecule has 0 aromatic heterocycles. The first-order valence-corrected chi connectivity index (χ1v) is 6.39. The van der Waals surface area contributed by atoms with E-state index in [4.69, 9.17) is 5.73 Å². The molecular weight excluding hydrogens is 258 g/mol. The molecule has 1 amide bonds. The van der Waals surface area contributed by atoms with Crippen molar-refractivity contribution >= 4 is 17.6 Å². The van der Waals surface area contributed by atoms with E-state index in [1.54, 1.807) is 30.1 Å².